The molecule has 4 aliphatic heterocycles. The van der Waals surface area contributed by atoms with Crippen LogP contribution < -0.4 is 10.6 Å². The smallest absolute Gasteiger partial charge is 0.364 e. The van der Waals surface area contributed by atoms with Crippen LogP contribution in [0.25, 0.3) is 0 Å². The normalized spacial score (nSPS) is 39.2. The van der Waals surface area contributed by atoms with Crippen LogP contribution in [0.1, 0.15) is 65.2 Å². The Balaban J connectivity index is 1.70. The first-order valence-electron chi connectivity index (χ1n) is 22.7. The van der Waals surface area contributed by atoms with E-state index in [9.17, 15) is 85.6 Å². The van der Waals surface area contributed by atoms with Crippen LogP contribution in [0.5, 0.6) is 0 Å². The molecule has 0 aromatic heterocycles. The van der Waals surface area contributed by atoms with Crippen molar-refractivity contribution in [3.05, 3.63) is 0 Å². The molecule has 15 unspecified atom stereocenters. The number of carbonyl (C=O) groups excluding carboxylic acids is 3. The lowest BCUT2D eigenvalue weighted by Gasteiger charge is -2.51. The van der Waals surface area contributed by atoms with E-state index in [-0.39, 0.29) is 19.0 Å². The molecular weight excluding hydrogens is 936 g/mol. The summed E-state index contributed by atoms with van der Waals surface area (Å²) in [5.41, 5.74) is 0. The minimum absolute atomic E-state index is 0.0137. The Morgan fingerprint density at radius 3 is 1.75 bits per heavy atom. The molecule has 4 rings (SSSR count). The Labute approximate surface area is 395 Å². The van der Waals surface area contributed by atoms with Gasteiger partial charge in [-0.15, -0.1) is 0 Å². The Hall–Kier alpha value is -2.92. The number of carboxylic acid groups (broad SMARTS) is 1. The van der Waals surface area contributed by atoms with Crippen LogP contribution in [0.4, 0.5) is 0 Å². The maximum Gasteiger partial charge on any atom is 0.364 e. The highest BCUT2D eigenvalue weighted by molar-refractivity contribution is 5.77. The fourth-order valence-corrected chi connectivity index (χ4v) is 8.55. The summed E-state index contributed by atoms with van der Waals surface area (Å²) in [6.45, 7) is -1.87. The number of hydrogen-bond donors (Lipinski definition) is 15. The largest absolute Gasteiger partial charge is 0.477 e. The molecule has 28 heteroatoms. The molecule has 4 heterocycles. The first-order valence-corrected chi connectivity index (χ1v) is 22.7. The van der Waals surface area contributed by atoms with Crippen molar-refractivity contribution < 1.29 is 128 Å². The van der Waals surface area contributed by atoms with Crippen LogP contribution in [-0.4, -0.2) is 259 Å². The highest BCUT2D eigenvalue weighted by atomic mass is 16.8. The summed E-state index contributed by atoms with van der Waals surface area (Å²) < 4.78 is 51.9. The molecular formula is C41H70N2O26. The van der Waals surface area contributed by atoms with Crippen molar-refractivity contribution in [3.63, 3.8) is 0 Å². The van der Waals surface area contributed by atoms with Crippen molar-refractivity contribution in [1.29, 1.82) is 0 Å². The van der Waals surface area contributed by atoms with Gasteiger partial charge in [-0.25, -0.2) is 4.79 Å². The standard InChI is InChI=1S/C41H70N2O26/c1-17(48)42-25-19(50)12-41(40(59)60,68-34(25)27(53)20(51)13-44)69-36-29(55)22(15-46)64-39(32(36)58)67-35-26(43-18(2)49)37(62-11-9-7-5-4-6-8-10-24(52)61-3)65-23(16-47)33(35)66-38-31(57)30(56)28(54)21(14-45)63-38/h19-23,25-39,44-47,50-51,53-58H,4-16H2,1-3H3,(H,42,48)(H,43,49)(H,59,60)/t19?,20?,21?,22?,23?,25-,26?,27?,28-,29+,30?,31?,32?,33?,34?,35-,36?,37?,38+,39?,41+/m1/s1. The topological polar surface area (TPSA) is 438 Å². The minimum Gasteiger partial charge on any atom is -0.477 e. The summed E-state index contributed by atoms with van der Waals surface area (Å²) in [6, 6.07) is -3.15. The average Bonchev–Trinajstić information content (AvgIpc) is 3.31. The zero-order valence-electron chi connectivity index (χ0n) is 38.4. The lowest BCUT2D eigenvalue weighted by atomic mass is 9.88. The van der Waals surface area contributed by atoms with E-state index in [4.69, 9.17) is 37.9 Å². The number of ether oxygens (including phenoxy) is 9. The first kappa shape index (κ1) is 58.6. The highest BCUT2D eigenvalue weighted by Gasteiger charge is 2.61. The van der Waals surface area contributed by atoms with Gasteiger partial charge >= 0.3 is 11.9 Å². The number of aliphatic hydroxyl groups is 12. The zero-order valence-corrected chi connectivity index (χ0v) is 38.4. The van der Waals surface area contributed by atoms with E-state index in [0.29, 0.717) is 19.3 Å². The van der Waals surface area contributed by atoms with Crippen molar-refractivity contribution in [2.24, 2.45) is 0 Å². The lowest BCUT2D eigenvalue weighted by Crippen LogP contribution is -2.71. The second-order valence-electron chi connectivity index (χ2n) is 17.3. The van der Waals surface area contributed by atoms with Gasteiger partial charge in [0, 0.05) is 33.3 Å². The number of esters is 1. The van der Waals surface area contributed by atoms with Crippen molar-refractivity contribution in [1.82, 2.24) is 10.6 Å². The molecule has 21 atom stereocenters. The molecule has 15 N–H and O–H groups in total. The Morgan fingerprint density at radius 1 is 0.652 bits per heavy atom. The molecule has 4 fully saturated rings. The van der Waals surface area contributed by atoms with Crippen molar-refractivity contribution in [3.8, 4) is 0 Å². The fraction of sp³-hybridized carbons (Fsp3) is 0.902. The van der Waals surface area contributed by atoms with Crippen LogP contribution in [0, 0.1) is 0 Å². The van der Waals surface area contributed by atoms with Gasteiger partial charge in [0.25, 0.3) is 5.79 Å². The third-order valence-electron chi connectivity index (χ3n) is 12.2. The number of amides is 2. The number of carboxylic acids is 1. The van der Waals surface area contributed by atoms with E-state index in [0.717, 1.165) is 33.1 Å². The van der Waals surface area contributed by atoms with Crippen molar-refractivity contribution in [2.75, 3.05) is 40.1 Å². The van der Waals surface area contributed by atoms with Crippen LogP contribution in [0.2, 0.25) is 0 Å². The van der Waals surface area contributed by atoms with Gasteiger partial charge in [0.2, 0.25) is 11.8 Å². The molecule has 0 aromatic rings. The van der Waals surface area contributed by atoms with Gasteiger partial charge in [-0.2, -0.15) is 0 Å². The van der Waals surface area contributed by atoms with Gasteiger partial charge < -0.3 is 120 Å². The van der Waals surface area contributed by atoms with Gasteiger partial charge in [-0.05, 0) is 12.8 Å². The molecule has 28 nitrogen and oxygen atoms in total. The summed E-state index contributed by atoms with van der Waals surface area (Å²) in [6.07, 6.45) is -31.6. The maximum absolute atomic E-state index is 13.1. The molecule has 0 aromatic carbocycles. The van der Waals surface area contributed by atoms with Gasteiger partial charge in [0.15, 0.2) is 18.9 Å². The van der Waals surface area contributed by atoms with Crippen LogP contribution in [0.3, 0.4) is 0 Å². The monoisotopic (exact) mass is 1010 g/mol. The quantitative estimate of drug-likeness (QED) is 0.0298. The predicted octanol–water partition coefficient (Wildman–Crippen LogP) is -7.33. The maximum atomic E-state index is 13.1. The average molecular weight is 1010 g/mol. The van der Waals surface area contributed by atoms with E-state index in [1.54, 1.807) is 0 Å². The SMILES string of the molecule is COC(=O)CCCCCCCCOC1OC(CO)C(O[C@@H]2OC(CO)[C@@H](O)C(O)C2O)[C@H](OC2OC(CO)[C@H](O)C(O[C@]3(C(=O)O)CC(O)[C@@H](NC(C)=O)C(C(O)C(O)CO)O3)C2O)C1NC(C)=O. The molecule has 2 amide bonds. The van der Waals surface area contributed by atoms with Gasteiger partial charge in [0.1, 0.15) is 91.5 Å². The van der Waals surface area contributed by atoms with Gasteiger partial charge in [-0.1, -0.05) is 25.7 Å². The number of rotatable bonds is 25. The van der Waals surface area contributed by atoms with Crippen LogP contribution in [-0.2, 0) is 61.8 Å². The highest BCUT2D eigenvalue weighted by Crippen LogP contribution is 2.39. The number of unbranched alkanes of at least 4 members (excludes halogenated alkanes) is 5. The molecule has 0 saturated carbocycles. The zero-order chi connectivity index (χ0) is 51.3. The molecule has 69 heavy (non-hydrogen) atoms. The van der Waals surface area contributed by atoms with E-state index in [1.165, 1.54) is 7.11 Å². The number of hydrogen-bond acceptors (Lipinski definition) is 25. The third kappa shape index (κ3) is 14.8. The second kappa shape index (κ2) is 27.2. The first-order chi connectivity index (χ1) is 32.7. The Bertz CT molecular complexity index is 1620. The third-order valence-corrected chi connectivity index (χ3v) is 12.2. The molecule has 0 bridgehead atoms. The van der Waals surface area contributed by atoms with E-state index < -0.39 is 179 Å². The number of aliphatic hydroxyl groups excluding tert-OH is 12. The summed E-state index contributed by atoms with van der Waals surface area (Å²) >= 11 is 0. The predicted molar refractivity (Wildman–Crippen MR) is 222 cm³/mol. The summed E-state index contributed by atoms with van der Waals surface area (Å²) in [5, 5.41) is 144. The summed E-state index contributed by atoms with van der Waals surface area (Å²) in [4.78, 5) is 49.4. The Kier molecular flexibility index (Phi) is 23.1. The number of methoxy groups -OCH3 is 1. The van der Waals surface area contributed by atoms with Gasteiger partial charge in [0.05, 0.1) is 45.7 Å². The number of aliphatic carboxylic acids is 1. The second-order valence-corrected chi connectivity index (χ2v) is 17.3. The lowest BCUT2D eigenvalue weighted by molar-refractivity contribution is -0.391. The molecule has 4 aliphatic rings. The minimum atomic E-state index is -3.15. The molecule has 0 spiro atoms. The number of nitrogens with one attached hydrogen (secondary N) is 2. The Morgan fingerprint density at radius 2 is 1.19 bits per heavy atom. The van der Waals surface area contributed by atoms with Crippen molar-refractivity contribution >= 4 is 23.8 Å². The van der Waals surface area contributed by atoms with Crippen molar-refractivity contribution in [2.45, 2.75) is 194 Å². The molecule has 4 saturated heterocycles. The fourth-order valence-electron chi connectivity index (χ4n) is 8.55. The number of carbonyl (C=O) groups is 4. The molecule has 0 radical (unpaired) electrons. The van der Waals surface area contributed by atoms with Crippen LogP contribution in [0.15, 0.2) is 0 Å². The van der Waals surface area contributed by atoms with Crippen LogP contribution >= 0.6 is 0 Å². The van der Waals surface area contributed by atoms with Gasteiger partial charge in [-0.3, -0.25) is 14.4 Å². The summed E-state index contributed by atoms with van der Waals surface area (Å²) in [5.74, 6) is -7.03. The molecule has 0 aliphatic carbocycles. The summed E-state index contributed by atoms with van der Waals surface area (Å²) in [7, 11) is 1.31. The molecule has 400 valence electrons. The van der Waals surface area contributed by atoms with E-state index in [2.05, 4.69) is 15.4 Å². The van der Waals surface area contributed by atoms with E-state index >= 15 is 0 Å². The van der Waals surface area contributed by atoms with E-state index in [1.807, 2.05) is 0 Å².